The third-order valence-electron chi connectivity index (χ3n) is 1.99. The van der Waals surface area contributed by atoms with Gasteiger partial charge in [-0.25, -0.2) is 4.79 Å². The minimum Gasteiger partial charge on any atom is -0.454 e. The van der Waals surface area contributed by atoms with E-state index < -0.39 is 5.97 Å². The first-order valence-corrected chi connectivity index (χ1v) is 6.15. The highest BCUT2D eigenvalue weighted by molar-refractivity contribution is 7.10. The average Bonchev–Trinajstić information content (AvgIpc) is 2.86. The second kappa shape index (κ2) is 5.91. The zero-order chi connectivity index (χ0) is 13.7. The molecule has 19 heavy (non-hydrogen) atoms. The van der Waals surface area contributed by atoms with Gasteiger partial charge in [0.1, 0.15) is 0 Å². The second-order valence-electron chi connectivity index (χ2n) is 3.42. The van der Waals surface area contributed by atoms with E-state index in [2.05, 4.69) is 15.0 Å². The van der Waals surface area contributed by atoms with Crippen molar-refractivity contribution in [1.82, 2.24) is 15.0 Å². The van der Waals surface area contributed by atoms with E-state index in [0.29, 0.717) is 0 Å². The summed E-state index contributed by atoms with van der Waals surface area (Å²) in [5.41, 5.74) is 10.8. The van der Waals surface area contributed by atoms with E-state index in [-0.39, 0.29) is 24.3 Å². The third-order valence-corrected chi connectivity index (χ3v) is 2.82. The Hall–Kier alpha value is -2.48. The largest absolute Gasteiger partial charge is 0.454 e. The molecule has 0 radical (unpaired) electrons. The van der Waals surface area contributed by atoms with Gasteiger partial charge in [0.2, 0.25) is 11.9 Å². The van der Waals surface area contributed by atoms with Gasteiger partial charge in [-0.1, -0.05) is 6.07 Å². The number of hydrogen-bond acceptors (Lipinski definition) is 8. The number of hydrogen-bond donors (Lipinski definition) is 2. The molecule has 7 nitrogen and oxygen atoms in total. The Morgan fingerprint density at radius 1 is 1.32 bits per heavy atom. The summed E-state index contributed by atoms with van der Waals surface area (Å²) in [6, 6.07) is 3.79. The Morgan fingerprint density at radius 3 is 2.68 bits per heavy atom. The molecule has 0 atom stereocenters. The minimum absolute atomic E-state index is 0.00678. The van der Waals surface area contributed by atoms with Crippen molar-refractivity contribution >= 4 is 35.3 Å². The first-order chi connectivity index (χ1) is 9.13. The Morgan fingerprint density at radius 2 is 2.05 bits per heavy atom. The van der Waals surface area contributed by atoms with E-state index in [9.17, 15) is 4.79 Å². The molecule has 4 N–H and O–H groups in total. The van der Waals surface area contributed by atoms with Crippen LogP contribution in [0.25, 0.3) is 6.08 Å². The van der Waals surface area contributed by atoms with E-state index in [0.717, 1.165) is 4.88 Å². The molecule has 8 heteroatoms. The number of nitrogens with two attached hydrogens (primary N) is 2. The van der Waals surface area contributed by atoms with Crippen molar-refractivity contribution < 1.29 is 9.53 Å². The van der Waals surface area contributed by atoms with E-state index in [1.165, 1.54) is 17.4 Å². The molecule has 0 spiro atoms. The molecule has 98 valence electrons. The molecule has 0 unspecified atom stereocenters. The predicted molar refractivity (Wildman–Crippen MR) is 71.8 cm³/mol. The molecule has 2 aromatic rings. The summed E-state index contributed by atoms with van der Waals surface area (Å²) in [4.78, 5) is 23.6. The molecule has 0 saturated heterocycles. The van der Waals surface area contributed by atoms with Crippen LogP contribution in [0.4, 0.5) is 11.9 Å². The summed E-state index contributed by atoms with van der Waals surface area (Å²) in [5.74, 6) is -0.297. The van der Waals surface area contributed by atoms with Crippen LogP contribution in [0.5, 0.6) is 0 Å². The molecule has 0 aliphatic carbocycles. The topological polar surface area (TPSA) is 117 Å². The lowest BCUT2D eigenvalue weighted by Gasteiger charge is -2.02. The highest BCUT2D eigenvalue weighted by Crippen LogP contribution is 2.10. The lowest BCUT2D eigenvalue weighted by molar-refractivity contribution is -0.139. The molecule has 0 bridgehead atoms. The molecule has 0 aromatic carbocycles. The van der Waals surface area contributed by atoms with E-state index >= 15 is 0 Å². The van der Waals surface area contributed by atoms with E-state index in [1.807, 2.05) is 17.5 Å². The number of aromatic nitrogens is 3. The summed E-state index contributed by atoms with van der Waals surface area (Å²) in [6.07, 6.45) is 3.00. The molecule has 0 fully saturated rings. The van der Waals surface area contributed by atoms with Crippen LogP contribution in [0.2, 0.25) is 0 Å². The van der Waals surface area contributed by atoms with Crippen molar-refractivity contribution in [2.24, 2.45) is 0 Å². The van der Waals surface area contributed by atoms with Crippen LogP contribution in [-0.2, 0) is 16.1 Å². The van der Waals surface area contributed by atoms with Crippen LogP contribution in [-0.4, -0.2) is 20.9 Å². The Bertz CT molecular complexity index is 577. The standard InChI is InChI=1S/C11H11N5O2S/c12-10-14-8(15-11(13)16-10)6-18-9(17)4-3-7-2-1-5-19-7/h1-5H,6H2,(H4,12,13,14,15,16)/b4-3+. The molecule has 0 amide bonds. The second-order valence-corrected chi connectivity index (χ2v) is 4.40. The van der Waals surface area contributed by atoms with Crippen LogP contribution in [0.15, 0.2) is 23.6 Å². The first kappa shape index (κ1) is 13.0. The number of nitrogen functional groups attached to an aromatic ring is 2. The number of esters is 1. The zero-order valence-electron chi connectivity index (χ0n) is 9.81. The fourth-order valence-electron chi connectivity index (χ4n) is 1.24. The normalized spacial score (nSPS) is 10.7. The van der Waals surface area contributed by atoms with Crippen molar-refractivity contribution in [1.29, 1.82) is 0 Å². The lowest BCUT2D eigenvalue weighted by Crippen LogP contribution is -2.09. The molecule has 0 aliphatic rings. The number of nitrogens with zero attached hydrogens (tertiary/aromatic N) is 3. The molecular formula is C11H11N5O2S. The lowest BCUT2D eigenvalue weighted by atomic mass is 10.4. The van der Waals surface area contributed by atoms with Crippen LogP contribution in [0, 0.1) is 0 Å². The fourth-order valence-corrected chi connectivity index (χ4v) is 1.86. The van der Waals surface area contributed by atoms with Gasteiger partial charge in [-0.3, -0.25) is 0 Å². The SMILES string of the molecule is Nc1nc(N)nc(COC(=O)/C=C/c2cccs2)n1. The minimum atomic E-state index is -0.494. The van der Waals surface area contributed by atoms with Gasteiger partial charge in [-0.15, -0.1) is 11.3 Å². The zero-order valence-corrected chi connectivity index (χ0v) is 10.6. The van der Waals surface area contributed by atoms with Crippen molar-refractivity contribution in [2.45, 2.75) is 6.61 Å². The Balaban J connectivity index is 1.89. The summed E-state index contributed by atoms with van der Waals surface area (Å²) in [6.45, 7) is -0.107. The summed E-state index contributed by atoms with van der Waals surface area (Å²) < 4.78 is 4.95. The molecule has 2 rings (SSSR count). The maximum absolute atomic E-state index is 11.4. The average molecular weight is 277 g/mol. The third kappa shape index (κ3) is 4.03. The number of ether oxygens (including phenoxy) is 1. The number of rotatable bonds is 4. The number of carbonyl (C=O) groups is 1. The quantitative estimate of drug-likeness (QED) is 0.628. The first-order valence-electron chi connectivity index (χ1n) is 5.28. The van der Waals surface area contributed by atoms with E-state index in [1.54, 1.807) is 6.08 Å². The Kier molecular flexibility index (Phi) is 4.04. The maximum atomic E-state index is 11.4. The number of carbonyl (C=O) groups excluding carboxylic acids is 1. The predicted octanol–water partition coefficient (Wildman–Crippen LogP) is 0.854. The van der Waals surface area contributed by atoms with Crippen LogP contribution in [0.3, 0.4) is 0 Å². The van der Waals surface area contributed by atoms with Gasteiger partial charge in [0, 0.05) is 11.0 Å². The number of anilines is 2. The smallest absolute Gasteiger partial charge is 0.331 e. The Labute approximate surface area is 113 Å². The highest BCUT2D eigenvalue weighted by Gasteiger charge is 2.04. The van der Waals surface area contributed by atoms with Gasteiger partial charge in [-0.05, 0) is 17.5 Å². The molecule has 0 aliphatic heterocycles. The number of thiophene rings is 1. The van der Waals surface area contributed by atoms with Gasteiger partial charge in [-0.2, -0.15) is 15.0 Å². The highest BCUT2D eigenvalue weighted by atomic mass is 32.1. The molecular weight excluding hydrogens is 266 g/mol. The van der Waals surface area contributed by atoms with Gasteiger partial charge in [0.05, 0.1) is 0 Å². The van der Waals surface area contributed by atoms with Crippen LogP contribution in [0.1, 0.15) is 10.7 Å². The van der Waals surface area contributed by atoms with Gasteiger partial charge >= 0.3 is 5.97 Å². The van der Waals surface area contributed by atoms with Gasteiger partial charge in [0.25, 0.3) is 0 Å². The van der Waals surface area contributed by atoms with Crippen LogP contribution >= 0.6 is 11.3 Å². The van der Waals surface area contributed by atoms with Crippen molar-refractivity contribution in [3.05, 3.63) is 34.3 Å². The molecule has 2 heterocycles. The molecule has 2 aromatic heterocycles. The monoisotopic (exact) mass is 277 g/mol. The van der Waals surface area contributed by atoms with Gasteiger partial charge in [0.15, 0.2) is 12.4 Å². The van der Waals surface area contributed by atoms with E-state index in [4.69, 9.17) is 16.2 Å². The fraction of sp³-hybridized carbons (Fsp3) is 0.0909. The van der Waals surface area contributed by atoms with Crippen molar-refractivity contribution in [3.63, 3.8) is 0 Å². The van der Waals surface area contributed by atoms with Gasteiger partial charge < -0.3 is 16.2 Å². The van der Waals surface area contributed by atoms with Crippen LogP contribution < -0.4 is 11.5 Å². The summed E-state index contributed by atoms with van der Waals surface area (Å²) >= 11 is 1.52. The molecule has 0 saturated carbocycles. The van der Waals surface area contributed by atoms with Crippen molar-refractivity contribution in [2.75, 3.05) is 11.5 Å². The summed E-state index contributed by atoms with van der Waals surface area (Å²) in [7, 11) is 0. The maximum Gasteiger partial charge on any atom is 0.331 e. The van der Waals surface area contributed by atoms with Crippen molar-refractivity contribution in [3.8, 4) is 0 Å². The summed E-state index contributed by atoms with van der Waals surface area (Å²) in [5, 5.41) is 1.92.